The Kier molecular flexibility index (Phi) is 5.14. The van der Waals surface area contributed by atoms with Gasteiger partial charge in [0.05, 0.1) is 3.57 Å². The van der Waals surface area contributed by atoms with Gasteiger partial charge in [0.25, 0.3) is 0 Å². The first kappa shape index (κ1) is 16.5. The van der Waals surface area contributed by atoms with Crippen molar-refractivity contribution in [2.45, 2.75) is 13.5 Å². The first-order valence-corrected chi connectivity index (χ1v) is 8.43. The highest BCUT2D eigenvalue weighted by molar-refractivity contribution is 14.1. The lowest BCUT2D eigenvalue weighted by molar-refractivity contribution is 0.303. The van der Waals surface area contributed by atoms with Crippen LogP contribution in [-0.2, 0) is 6.61 Å². The molecule has 3 rings (SSSR count). The molecule has 5 nitrogen and oxygen atoms in total. The number of aryl methyl sites for hydroxylation is 1. The summed E-state index contributed by atoms with van der Waals surface area (Å²) < 4.78 is 12.1. The van der Waals surface area contributed by atoms with Gasteiger partial charge < -0.3 is 14.9 Å². The molecule has 2 N–H and O–H groups in total. The van der Waals surface area contributed by atoms with E-state index in [1.165, 1.54) is 11.1 Å². The first-order chi connectivity index (χ1) is 11.6. The summed E-state index contributed by atoms with van der Waals surface area (Å²) in [5.41, 5.74) is 8.82. The molecule has 0 saturated heterocycles. The van der Waals surface area contributed by atoms with Crippen LogP contribution in [0.25, 0.3) is 12.2 Å². The van der Waals surface area contributed by atoms with E-state index in [2.05, 4.69) is 51.8 Å². The van der Waals surface area contributed by atoms with E-state index in [1.807, 2.05) is 36.4 Å². The summed E-state index contributed by atoms with van der Waals surface area (Å²) in [6, 6.07) is 14.2. The second kappa shape index (κ2) is 7.48. The monoisotopic (exact) mass is 433 g/mol. The molecule has 0 aliphatic rings. The van der Waals surface area contributed by atoms with Crippen molar-refractivity contribution in [3.8, 4) is 5.75 Å². The van der Waals surface area contributed by atoms with Gasteiger partial charge in [0.2, 0.25) is 5.89 Å². The van der Waals surface area contributed by atoms with Crippen LogP contribution in [0.5, 0.6) is 5.75 Å². The Morgan fingerprint density at radius 3 is 2.71 bits per heavy atom. The molecule has 122 valence electrons. The van der Waals surface area contributed by atoms with Crippen LogP contribution in [0.15, 0.2) is 46.9 Å². The highest BCUT2D eigenvalue weighted by atomic mass is 127. The molecule has 0 radical (unpaired) electrons. The van der Waals surface area contributed by atoms with Crippen LogP contribution in [0.4, 0.5) is 6.01 Å². The Morgan fingerprint density at radius 1 is 1.17 bits per heavy atom. The molecule has 2 aromatic carbocycles. The summed E-state index contributed by atoms with van der Waals surface area (Å²) in [5, 5.41) is 7.40. The fraction of sp³-hybridized carbons (Fsp3) is 0.111. The van der Waals surface area contributed by atoms with Gasteiger partial charge in [-0.25, -0.2) is 0 Å². The number of ether oxygens (including phenoxy) is 1. The molecule has 0 atom stereocenters. The lowest BCUT2D eigenvalue weighted by Crippen LogP contribution is -1.99. The minimum absolute atomic E-state index is 0.0594. The van der Waals surface area contributed by atoms with Crippen molar-refractivity contribution >= 4 is 40.8 Å². The number of nitrogens with zero attached hydrogens (tertiary/aromatic N) is 2. The predicted octanol–water partition coefficient (Wildman–Crippen LogP) is 4.31. The van der Waals surface area contributed by atoms with Crippen LogP contribution in [0.2, 0.25) is 0 Å². The molecule has 0 saturated carbocycles. The fourth-order valence-corrected chi connectivity index (χ4v) is 2.84. The second-order valence-corrected chi connectivity index (χ2v) is 6.38. The highest BCUT2D eigenvalue weighted by Crippen LogP contribution is 2.24. The zero-order chi connectivity index (χ0) is 16.9. The van der Waals surface area contributed by atoms with Gasteiger partial charge in [0, 0.05) is 6.08 Å². The van der Waals surface area contributed by atoms with E-state index < -0.39 is 0 Å². The zero-order valence-electron chi connectivity index (χ0n) is 13.1. The topological polar surface area (TPSA) is 74.2 Å². The second-order valence-electron chi connectivity index (χ2n) is 5.22. The van der Waals surface area contributed by atoms with Crippen molar-refractivity contribution in [1.29, 1.82) is 0 Å². The Labute approximate surface area is 153 Å². The quantitative estimate of drug-likeness (QED) is 0.607. The average Bonchev–Trinajstić information content (AvgIpc) is 2.99. The lowest BCUT2D eigenvalue weighted by Gasteiger charge is -2.10. The number of anilines is 1. The number of hydrogen-bond donors (Lipinski definition) is 1. The van der Waals surface area contributed by atoms with Crippen LogP contribution < -0.4 is 10.5 Å². The smallest absolute Gasteiger partial charge is 0.313 e. The third-order valence-corrected chi connectivity index (χ3v) is 4.32. The lowest BCUT2D eigenvalue weighted by atomic mass is 10.1. The standard InChI is InChI=1S/C18H16IN3O2/c1-12-4-2-3-5-14(12)11-23-16-8-6-13(10-15(16)19)7-9-17-21-22-18(20)24-17/h2-10H,11H2,1H3,(H2,20,22)/b9-7+. The van der Waals surface area contributed by atoms with Crippen LogP contribution in [0, 0.1) is 10.5 Å². The zero-order valence-corrected chi connectivity index (χ0v) is 15.2. The molecule has 0 bridgehead atoms. The summed E-state index contributed by atoms with van der Waals surface area (Å²) in [6.45, 7) is 2.64. The number of hydrogen-bond acceptors (Lipinski definition) is 5. The molecule has 0 aliphatic carbocycles. The van der Waals surface area contributed by atoms with E-state index in [0.29, 0.717) is 12.5 Å². The summed E-state index contributed by atoms with van der Waals surface area (Å²) >= 11 is 2.27. The summed E-state index contributed by atoms with van der Waals surface area (Å²) in [4.78, 5) is 0. The van der Waals surface area contributed by atoms with Crippen molar-refractivity contribution in [3.05, 3.63) is 68.6 Å². The minimum atomic E-state index is 0.0594. The molecule has 0 amide bonds. The molecule has 1 aromatic heterocycles. The molecule has 0 fully saturated rings. The number of nitrogens with two attached hydrogens (primary N) is 1. The van der Waals surface area contributed by atoms with Gasteiger partial charge in [-0.1, -0.05) is 35.4 Å². The van der Waals surface area contributed by atoms with Gasteiger partial charge >= 0.3 is 6.01 Å². The molecule has 0 aliphatic heterocycles. The predicted molar refractivity (Wildman–Crippen MR) is 102 cm³/mol. The summed E-state index contributed by atoms with van der Waals surface area (Å²) in [7, 11) is 0. The van der Waals surface area contributed by atoms with Crippen molar-refractivity contribution in [3.63, 3.8) is 0 Å². The SMILES string of the molecule is Cc1ccccc1COc1ccc(/C=C/c2nnc(N)o2)cc1I. The molecular formula is C18H16IN3O2. The van der Waals surface area contributed by atoms with Gasteiger partial charge in [-0.2, -0.15) is 0 Å². The largest absolute Gasteiger partial charge is 0.488 e. The summed E-state index contributed by atoms with van der Waals surface area (Å²) in [5.74, 6) is 1.24. The maximum atomic E-state index is 5.94. The summed E-state index contributed by atoms with van der Waals surface area (Å²) in [6.07, 6.45) is 3.61. The normalized spacial score (nSPS) is 11.1. The van der Waals surface area contributed by atoms with Crippen LogP contribution in [0.3, 0.4) is 0 Å². The van der Waals surface area contributed by atoms with Crippen LogP contribution in [-0.4, -0.2) is 10.2 Å². The molecule has 6 heteroatoms. The minimum Gasteiger partial charge on any atom is -0.488 e. The maximum Gasteiger partial charge on any atom is 0.313 e. The number of benzene rings is 2. The van der Waals surface area contributed by atoms with Crippen molar-refractivity contribution in [2.75, 3.05) is 5.73 Å². The van der Waals surface area contributed by atoms with Gasteiger partial charge in [-0.3, -0.25) is 0 Å². The number of nitrogen functional groups attached to an aromatic ring is 1. The number of rotatable bonds is 5. The molecule has 1 heterocycles. The third kappa shape index (κ3) is 4.14. The number of halogens is 1. The fourth-order valence-electron chi connectivity index (χ4n) is 2.15. The molecule has 3 aromatic rings. The van der Waals surface area contributed by atoms with Crippen LogP contribution >= 0.6 is 22.6 Å². The Balaban J connectivity index is 1.68. The highest BCUT2D eigenvalue weighted by Gasteiger charge is 2.04. The van der Waals surface area contributed by atoms with E-state index in [1.54, 1.807) is 6.08 Å². The van der Waals surface area contributed by atoms with Gasteiger partial charge in [-0.05, 0) is 64.4 Å². The molecule has 0 spiro atoms. The van der Waals surface area contributed by atoms with Gasteiger partial charge in [-0.15, -0.1) is 5.10 Å². The van der Waals surface area contributed by atoms with E-state index in [4.69, 9.17) is 14.9 Å². The van der Waals surface area contributed by atoms with E-state index in [0.717, 1.165) is 14.9 Å². The Morgan fingerprint density at radius 2 is 2.00 bits per heavy atom. The van der Waals surface area contributed by atoms with E-state index >= 15 is 0 Å². The Bertz CT molecular complexity index is 874. The van der Waals surface area contributed by atoms with Crippen molar-refractivity contribution in [1.82, 2.24) is 10.2 Å². The molecule has 24 heavy (non-hydrogen) atoms. The first-order valence-electron chi connectivity index (χ1n) is 7.36. The maximum absolute atomic E-state index is 5.94. The third-order valence-electron chi connectivity index (χ3n) is 3.47. The molecular weight excluding hydrogens is 417 g/mol. The van der Waals surface area contributed by atoms with Gasteiger partial charge in [0.15, 0.2) is 0 Å². The average molecular weight is 433 g/mol. The van der Waals surface area contributed by atoms with Crippen LogP contribution in [0.1, 0.15) is 22.6 Å². The Hall–Kier alpha value is -2.35. The number of aromatic nitrogens is 2. The van der Waals surface area contributed by atoms with E-state index in [-0.39, 0.29) is 6.01 Å². The van der Waals surface area contributed by atoms with E-state index in [9.17, 15) is 0 Å². The molecule has 0 unspecified atom stereocenters. The van der Waals surface area contributed by atoms with Crippen molar-refractivity contribution in [2.24, 2.45) is 0 Å². The van der Waals surface area contributed by atoms with Crippen molar-refractivity contribution < 1.29 is 9.15 Å². The van der Waals surface area contributed by atoms with Gasteiger partial charge in [0.1, 0.15) is 12.4 Å².